The van der Waals surface area contributed by atoms with E-state index in [1.807, 2.05) is 4.72 Å². The molecule has 1 fully saturated rings. The standard InChI is InChI=1S/C25H25F3N4O3S/c26-17-4-5-21(27)23(14-17)36(33,34)32-22-3-1-2-19(24(22)28)25(29)20(16-6-10-30-11-7-16)15-31-18-8-12-35-13-9-18/h1-7,10-11,14-15,18,25,31-32H,8-9,12-13,29H2/b20-15-. The largest absolute Gasteiger partial charge is 0.388 e. The van der Waals surface area contributed by atoms with Crippen LogP contribution < -0.4 is 15.8 Å². The molecule has 7 nitrogen and oxygen atoms in total. The molecule has 4 N–H and O–H groups in total. The van der Waals surface area contributed by atoms with Gasteiger partial charge >= 0.3 is 0 Å². The Kier molecular flexibility index (Phi) is 7.92. The van der Waals surface area contributed by atoms with Crippen LogP contribution in [0.1, 0.15) is 30.0 Å². The van der Waals surface area contributed by atoms with Crippen molar-refractivity contribution >= 4 is 21.3 Å². The number of hydrogen-bond donors (Lipinski definition) is 3. The lowest BCUT2D eigenvalue weighted by atomic mass is 9.94. The molecule has 190 valence electrons. The molecule has 1 unspecified atom stereocenters. The summed E-state index contributed by atoms with van der Waals surface area (Å²) in [5, 5.41) is 3.32. The van der Waals surface area contributed by atoms with Crippen LogP contribution in [0.15, 0.2) is 72.0 Å². The van der Waals surface area contributed by atoms with E-state index in [4.69, 9.17) is 10.5 Å². The summed E-state index contributed by atoms with van der Waals surface area (Å²) in [6, 6.07) is 8.66. The van der Waals surface area contributed by atoms with Crippen LogP contribution in [0.3, 0.4) is 0 Å². The highest BCUT2D eigenvalue weighted by Gasteiger charge is 2.25. The number of sulfonamides is 1. The lowest BCUT2D eigenvalue weighted by Gasteiger charge is -2.24. The van der Waals surface area contributed by atoms with Crippen LogP contribution in [0.5, 0.6) is 0 Å². The van der Waals surface area contributed by atoms with E-state index in [0.29, 0.717) is 36.5 Å². The molecule has 4 rings (SSSR count). The molecule has 2 aromatic carbocycles. The second-order valence-electron chi connectivity index (χ2n) is 8.26. The van der Waals surface area contributed by atoms with Crippen molar-refractivity contribution in [3.8, 4) is 0 Å². The minimum Gasteiger partial charge on any atom is -0.388 e. The first-order chi connectivity index (χ1) is 17.3. The molecule has 0 aliphatic carbocycles. The topological polar surface area (TPSA) is 106 Å². The third kappa shape index (κ3) is 5.86. The number of hydrogen-bond acceptors (Lipinski definition) is 6. The van der Waals surface area contributed by atoms with Crippen molar-refractivity contribution in [1.82, 2.24) is 10.3 Å². The Hall–Kier alpha value is -3.41. The molecule has 0 amide bonds. The minimum atomic E-state index is -4.62. The van der Waals surface area contributed by atoms with E-state index in [1.165, 1.54) is 18.2 Å². The van der Waals surface area contributed by atoms with E-state index in [1.54, 1.807) is 30.7 Å². The zero-order valence-corrected chi connectivity index (χ0v) is 19.9. The maximum atomic E-state index is 15.6. The van der Waals surface area contributed by atoms with Gasteiger partial charge in [-0.25, -0.2) is 21.6 Å². The van der Waals surface area contributed by atoms with Gasteiger partial charge in [0.05, 0.1) is 11.7 Å². The normalized spacial score (nSPS) is 15.9. The summed E-state index contributed by atoms with van der Waals surface area (Å²) in [7, 11) is -4.62. The smallest absolute Gasteiger partial charge is 0.265 e. The summed E-state index contributed by atoms with van der Waals surface area (Å²) >= 11 is 0. The number of nitrogens with two attached hydrogens (primary N) is 1. The van der Waals surface area contributed by atoms with E-state index in [2.05, 4.69) is 10.3 Å². The van der Waals surface area contributed by atoms with Gasteiger partial charge in [-0.05, 0) is 60.4 Å². The summed E-state index contributed by atoms with van der Waals surface area (Å²) in [4.78, 5) is 3.08. The van der Waals surface area contributed by atoms with Crippen LogP contribution in [-0.2, 0) is 14.8 Å². The van der Waals surface area contributed by atoms with Crippen molar-refractivity contribution in [3.63, 3.8) is 0 Å². The molecule has 0 radical (unpaired) electrons. The van der Waals surface area contributed by atoms with Gasteiger partial charge in [-0.2, -0.15) is 0 Å². The Bertz CT molecular complexity index is 1350. The fraction of sp³-hybridized carbons (Fsp3) is 0.240. The van der Waals surface area contributed by atoms with Crippen molar-refractivity contribution in [2.45, 2.75) is 29.8 Å². The molecule has 1 saturated heterocycles. The molecule has 1 aromatic heterocycles. The van der Waals surface area contributed by atoms with Crippen molar-refractivity contribution in [2.75, 3.05) is 17.9 Å². The Balaban J connectivity index is 1.66. The Morgan fingerprint density at radius 1 is 1.08 bits per heavy atom. The quantitative estimate of drug-likeness (QED) is 0.415. The predicted octanol–water partition coefficient (Wildman–Crippen LogP) is 4.11. The Morgan fingerprint density at radius 3 is 2.53 bits per heavy atom. The first-order valence-electron chi connectivity index (χ1n) is 11.2. The fourth-order valence-corrected chi connectivity index (χ4v) is 5.04. The molecule has 0 saturated carbocycles. The molecule has 36 heavy (non-hydrogen) atoms. The van der Waals surface area contributed by atoms with Crippen molar-refractivity contribution in [2.24, 2.45) is 5.73 Å². The lowest BCUT2D eigenvalue weighted by molar-refractivity contribution is 0.0812. The van der Waals surface area contributed by atoms with Gasteiger partial charge in [-0.3, -0.25) is 9.71 Å². The zero-order chi connectivity index (χ0) is 25.7. The predicted molar refractivity (Wildman–Crippen MR) is 130 cm³/mol. The fourth-order valence-electron chi connectivity index (χ4n) is 3.89. The minimum absolute atomic E-state index is 0.00625. The molecule has 0 bridgehead atoms. The Morgan fingerprint density at radius 2 is 1.81 bits per heavy atom. The van der Waals surface area contributed by atoms with Crippen LogP contribution in [0.4, 0.5) is 18.9 Å². The Labute approximate surface area is 207 Å². The molecule has 1 atom stereocenters. The van der Waals surface area contributed by atoms with Gasteiger partial charge in [0.15, 0.2) is 5.82 Å². The first-order valence-corrected chi connectivity index (χ1v) is 12.7. The third-order valence-corrected chi connectivity index (χ3v) is 7.22. The van der Waals surface area contributed by atoms with Crippen LogP contribution in [-0.4, -0.2) is 32.7 Å². The van der Waals surface area contributed by atoms with E-state index in [0.717, 1.165) is 18.9 Å². The maximum absolute atomic E-state index is 15.6. The van der Waals surface area contributed by atoms with Gasteiger partial charge in [-0.1, -0.05) is 12.1 Å². The molecule has 2 heterocycles. The monoisotopic (exact) mass is 518 g/mol. The highest BCUT2D eigenvalue weighted by atomic mass is 32.2. The van der Waals surface area contributed by atoms with E-state index >= 15 is 4.39 Å². The molecular weight excluding hydrogens is 493 g/mol. The SMILES string of the molecule is NC(/C(=C\NC1CCOCC1)c1ccncc1)c1cccc(NS(=O)(=O)c2cc(F)ccc2F)c1F. The second kappa shape index (κ2) is 11.1. The number of pyridine rings is 1. The number of halogens is 3. The van der Waals surface area contributed by atoms with E-state index in [9.17, 15) is 17.2 Å². The van der Waals surface area contributed by atoms with Gasteiger partial charge in [0.1, 0.15) is 16.5 Å². The summed E-state index contributed by atoms with van der Waals surface area (Å²) in [6.07, 6.45) is 6.50. The van der Waals surface area contributed by atoms with E-state index in [-0.39, 0.29) is 11.6 Å². The zero-order valence-electron chi connectivity index (χ0n) is 19.1. The lowest BCUT2D eigenvalue weighted by Crippen LogP contribution is -2.32. The van der Waals surface area contributed by atoms with Crippen molar-refractivity contribution in [3.05, 3.63) is 95.7 Å². The number of rotatable bonds is 8. The van der Waals surface area contributed by atoms with Crippen LogP contribution in [0.2, 0.25) is 0 Å². The average molecular weight is 519 g/mol. The van der Waals surface area contributed by atoms with Gasteiger partial charge < -0.3 is 15.8 Å². The first kappa shape index (κ1) is 25.7. The molecular formula is C25H25F3N4O3S. The molecule has 11 heteroatoms. The van der Waals surface area contributed by atoms with Gasteiger partial charge in [0, 0.05) is 43.4 Å². The van der Waals surface area contributed by atoms with Gasteiger partial charge in [0.2, 0.25) is 0 Å². The van der Waals surface area contributed by atoms with Crippen molar-refractivity contribution < 1.29 is 26.3 Å². The highest BCUT2D eigenvalue weighted by Crippen LogP contribution is 2.32. The summed E-state index contributed by atoms with van der Waals surface area (Å²) < 4.78 is 76.0. The van der Waals surface area contributed by atoms with Crippen LogP contribution >= 0.6 is 0 Å². The summed E-state index contributed by atoms with van der Waals surface area (Å²) in [5.41, 5.74) is 7.31. The average Bonchev–Trinajstić information content (AvgIpc) is 2.88. The van der Waals surface area contributed by atoms with Crippen LogP contribution in [0.25, 0.3) is 5.57 Å². The number of nitrogens with one attached hydrogen (secondary N) is 2. The summed E-state index contributed by atoms with van der Waals surface area (Å²) in [6.45, 7) is 1.26. The third-order valence-electron chi connectivity index (χ3n) is 5.84. The van der Waals surface area contributed by atoms with E-state index < -0.39 is 44.1 Å². The van der Waals surface area contributed by atoms with Crippen molar-refractivity contribution in [1.29, 1.82) is 0 Å². The number of benzene rings is 2. The number of anilines is 1. The molecule has 3 aromatic rings. The van der Waals surface area contributed by atoms with Crippen LogP contribution in [0, 0.1) is 17.5 Å². The summed E-state index contributed by atoms with van der Waals surface area (Å²) in [5.74, 6) is -3.05. The maximum Gasteiger partial charge on any atom is 0.265 e. The molecule has 0 spiro atoms. The number of aromatic nitrogens is 1. The second-order valence-corrected chi connectivity index (χ2v) is 9.91. The highest BCUT2D eigenvalue weighted by molar-refractivity contribution is 7.92. The molecule has 1 aliphatic heterocycles. The van der Waals surface area contributed by atoms with Gasteiger partial charge in [-0.15, -0.1) is 0 Å². The number of nitrogens with zero attached hydrogens (tertiary/aromatic N) is 1. The van der Waals surface area contributed by atoms with Gasteiger partial charge in [0.25, 0.3) is 10.0 Å². The molecule has 1 aliphatic rings. The number of ether oxygens (including phenoxy) is 1.